The first kappa shape index (κ1) is 21.7. The predicted octanol–water partition coefficient (Wildman–Crippen LogP) is 3.63. The van der Waals surface area contributed by atoms with Gasteiger partial charge in [-0.1, -0.05) is 12.1 Å². The topological polar surface area (TPSA) is 68.7 Å². The van der Waals surface area contributed by atoms with Crippen LogP contribution in [0, 0.1) is 5.41 Å². The summed E-state index contributed by atoms with van der Waals surface area (Å²) >= 11 is 0. The first-order chi connectivity index (χ1) is 14.9. The minimum absolute atomic E-state index is 0.0190. The Labute approximate surface area is 181 Å². The number of halogens is 2. The number of nitrogens with one attached hydrogen (secondary N) is 2. The summed E-state index contributed by atoms with van der Waals surface area (Å²) in [4.78, 5) is 15.6. The molecule has 0 unspecified atom stereocenters. The minimum Gasteiger partial charge on any atom is -0.385 e. The fourth-order valence-electron chi connectivity index (χ4n) is 4.62. The third kappa shape index (κ3) is 4.74. The maximum Gasteiger partial charge on any atom is 0.263 e. The molecule has 0 aromatic heterocycles. The molecule has 3 aliphatic rings. The molecule has 31 heavy (non-hydrogen) atoms. The van der Waals surface area contributed by atoms with Crippen LogP contribution in [-0.4, -0.2) is 55.5 Å². The Morgan fingerprint density at radius 1 is 1.23 bits per heavy atom. The molecule has 4 rings (SSSR count). The van der Waals surface area contributed by atoms with Gasteiger partial charge in [0.05, 0.1) is 6.54 Å². The predicted molar refractivity (Wildman–Crippen MR) is 116 cm³/mol. The van der Waals surface area contributed by atoms with Gasteiger partial charge in [0.25, 0.3) is 6.43 Å². The van der Waals surface area contributed by atoms with Crippen molar-refractivity contribution in [2.24, 2.45) is 0 Å². The average Bonchev–Trinajstić information content (AvgIpc) is 2.78. The van der Waals surface area contributed by atoms with Crippen LogP contribution >= 0.6 is 0 Å². The summed E-state index contributed by atoms with van der Waals surface area (Å²) in [5.41, 5.74) is 3.42. The number of nitrogens with zero attached hydrogens (tertiary/aromatic N) is 2. The molecule has 8 heteroatoms. The highest BCUT2D eigenvalue weighted by Gasteiger charge is 2.30. The van der Waals surface area contributed by atoms with Crippen LogP contribution in [-0.2, 0) is 16.0 Å². The molecule has 168 valence electrons. The van der Waals surface area contributed by atoms with Gasteiger partial charge < -0.3 is 19.9 Å². The van der Waals surface area contributed by atoms with Gasteiger partial charge in [0, 0.05) is 68.2 Å². The van der Waals surface area contributed by atoms with Crippen LogP contribution in [0.25, 0.3) is 0 Å². The standard InChI is InChI=1S/C23H30F2N4O2/c1-15(30)28-10-6-20(27-18-7-11-31-12-8-18)19(14-28)23(26)29-9-2-3-16-4-5-17(22(24)25)13-21(16)29/h4-5,13,18,22,26-27H,2-3,6-12,14H2,1H3. The molecule has 1 aromatic rings. The third-order valence-electron chi connectivity index (χ3n) is 6.43. The van der Waals surface area contributed by atoms with Crippen molar-refractivity contribution < 1.29 is 18.3 Å². The van der Waals surface area contributed by atoms with E-state index in [0.717, 1.165) is 42.5 Å². The monoisotopic (exact) mass is 432 g/mol. The number of hydrogen-bond donors (Lipinski definition) is 2. The SMILES string of the molecule is CC(=O)N1CCC(NC2CCOCC2)=C(C(=N)N2CCCc3ccc(C(F)F)cc32)C1. The van der Waals surface area contributed by atoms with Crippen molar-refractivity contribution >= 4 is 17.4 Å². The molecule has 0 aliphatic carbocycles. The Hall–Kier alpha value is -2.48. The Morgan fingerprint density at radius 2 is 2.00 bits per heavy atom. The maximum atomic E-state index is 13.3. The van der Waals surface area contributed by atoms with Gasteiger partial charge in [0.2, 0.25) is 5.91 Å². The van der Waals surface area contributed by atoms with Crippen molar-refractivity contribution in [3.8, 4) is 0 Å². The number of amidine groups is 1. The van der Waals surface area contributed by atoms with E-state index >= 15 is 0 Å². The number of alkyl halides is 2. The van der Waals surface area contributed by atoms with E-state index in [1.807, 2.05) is 4.90 Å². The minimum atomic E-state index is -2.55. The van der Waals surface area contributed by atoms with E-state index in [1.165, 1.54) is 12.1 Å². The number of carbonyl (C=O) groups excluding carboxylic acids is 1. The first-order valence-corrected chi connectivity index (χ1v) is 11.0. The van der Waals surface area contributed by atoms with Gasteiger partial charge in [-0.25, -0.2) is 8.78 Å². The lowest BCUT2D eigenvalue weighted by molar-refractivity contribution is -0.128. The van der Waals surface area contributed by atoms with E-state index in [-0.39, 0.29) is 17.5 Å². The van der Waals surface area contributed by atoms with E-state index in [9.17, 15) is 13.6 Å². The van der Waals surface area contributed by atoms with Crippen LogP contribution in [0.5, 0.6) is 0 Å². The second kappa shape index (κ2) is 9.34. The fourth-order valence-corrected chi connectivity index (χ4v) is 4.62. The van der Waals surface area contributed by atoms with E-state index in [0.29, 0.717) is 50.8 Å². The van der Waals surface area contributed by atoms with Crippen LogP contribution in [0.15, 0.2) is 29.5 Å². The van der Waals surface area contributed by atoms with E-state index in [2.05, 4.69) is 5.32 Å². The van der Waals surface area contributed by atoms with Crippen LogP contribution in [0.1, 0.15) is 50.2 Å². The Bertz CT molecular complexity index is 880. The van der Waals surface area contributed by atoms with Gasteiger partial charge >= 0.3 is 0 Å². The molecule has 0 bridgehead atoms. The zero-order chi connectivity index (χ0) is 22.0. The van der Waals surface area contributed by atoms with Crippen molar-refractivity contribution in [2.45, 2.75) is 51.5 Å². The first-order valence-electron chi connectivity index (χ1n) is 11.0. The van der Waals surface area contributed by atoms with Crippen LogP contribution in [0.2, 0.25) is 0 Å². The Balaban J connectivity index is 1.66. The van der Waals surface area contributed by atoms with Crippen molar-refractivity contribution in [3.05, 3.63) is 40.6 Å². The van der Waals surface area contributed by atoms with E-state index in [4.69, 9.17) is 10.1 Å². The molecule has 0 spiro atoms. The molecule has 1 saturated heterocycles. The van der Waals surface area contributed by atoms with Crippen molar-refractivity contribution in [1.29, 1.82) is 5.41 Å². The number of carbonyl (C=O) groups is 1. The lowest BCUT2D eigenvalue weighted by Gasteiger charge is -2.38. The summed E-state index contributed by atoms with van der Waals surface area (Å²) in [5.74, 6) is 0.280. The van der Waals surface area contributed by atoms with Gasteiger partial charge in [-0.15, -0.1) is 0 Å². The zero-order valence-electron chi connectivity index (χ0n) is 17.9. The number of benzene rings is 1. The molecule has 1 fully saturated rings. The normalized spacial score (nSPS) is 20.1. The second-order valence-corrected chi connectivity index (χ2v) is 8.47. The quantitative estimate of drug-likeness (QED) is 0.563. The highest BCUT2D eigenvalue weighted by Crippen LogP contribution is 2.33. The van der Waals surface area contributed by atoms with Crippen molar-refractivity contribution in [2.75, 3.05) is 37.7 Å². The summed E-state index contributed by atoms with van der Waals surface area (Å²) in [6.45, 7) is 4.56. The molecule has 0 saturated carbocycles. The summed E-state index contributed by atoms with van der Waals surface area (Å²) < 4.78 is 32.1. The number of anilines is 1. The smallest absolute Gasteiger partial charge is 0.263 e. The molecule has 1 aromatic carbocycles. The van der Waals surface area contributed by atoms with Crippen molar-refractivity contribution in [1.82, 2.24) is 10.2 Å². The molecule has 0 atom stereocenters. The zero-order valence-corrected chi connectivity index (χ0v) is 17.9. The lowest BCUT2D eigenvalue weighted by Crippen LogP contribution is -2.46. The fraction of sp³-hybridized carbons (Fsp3) is 0.565. The van der Waals surface area contributed by atoms with Crippen molar-refractivity contribution in [3.63, 3.8) is 0 Å². The van der Waals surface area contributed by atoms with Gasteiger partial charge in [-0.2, -0.15) is 0 Å². The molecule has 1 amide bonds. The number of amides is 1. The number of ether oxygens (including phenoxy) is 1. The van der Waals surface area contributed by atoms with Gasteiger partial charge in [0.15, 0.2) is 0 Å². The van der Waals surface area contributed by atoms with Gasteiger partial charge in [0.1, 0.15) is 5.84 Å². The van der Waals surface area contributed by atoms with Crippen LogP contribution in [0.4, 0.5) is 14.5 Å². The molecule has 3 heterocycles. The molecule has 2 N–H and O–H groups in total. The maximum absolute atomic E-state index is 13.3. The summed E-state index contributed by atoms with van der Waals surface area (Å²) in [7, 11) is 0. The summed E-state index contributed by atoms with van der Waals surface area (Å²) in [6, 6.07) is 5.04. The average molecular weight is 433 g/mol. The Kier molecular flexibility index (Phi) is 6.55. The van der Waals surface area contributed by atoms with Crippen LogP contribution < -0.4 is 10.2 Å². The Morgan fingerprint density at radius 3 is 2.71 bits per heavy atom. The van der Waals surface area contributed by atoms with Crippen LogP contribution in [0.3, 0.4) is 0 Å². The third-order valence-corrected chi connectivity index (χ3v) is 6.43. The van der Waals surface area contributed by atoms with Gasteiger partial charge in [-0.05, 0) is 37.3 Å². The van der Waals surface area contributed by atoms with E-state index < -0.39 is 6.43 Å². The molecule has 0 radical (unpaired) electrons. The lowest BCUT2D eigenvalue weighted by atomic mass is 9.96. The highest BCUT2D eigenvalue weighted by atomic mass is 19.3. The summed E-state index contributed by atoms with van der Waals surface area (Å²) in [5, 5.41) is 12.7. The van der Waals surface area contributed by atoms with Gasteiger partial charge in [-0.3, -0.25) is 10.2 Å². The second-order valence-electron chi connectivity index (χ2n) is 8.47. The summed E-state index contributed by atoms with van der Waals surface area (Å²) in [6.07, 6.45) is 1.60. The van der Waals surface area contributed by atoms with E-state index in [1.54, 1.807) is 17.9 Å². The number of aryl methyl sites for hydroxylation is 1. The molecule has 3 aliphatic heterocycles. The number of rotatable bonds is 4. The number of hydrogen-bond acceptors (Lipinski definition) is 4. The molecular weight excluding hydrogens is 402 g/mol. The number of fused-ring (bicyclic) bond motifs is 1. The molecule has 6 nitrogen and oxygen atoms in total. The molecular formula is C23H30F2N4O2. The highest BCUT2D eigenvalue weighted by molar-refractivity contribution is 6.09. The largest absolute Gasteiger partial charge is 0.385 e.